The Morgan fingerprint density at radius 1 is 1.37 bits per heavy atom. The maximum atomic E-state index is 12.6. The Morgan fingerprint density at radius 3 is 2.63 bits per heavy atom. The number of hydrogen-bond acceptors (Lipinski definition) is 6. The van der Waals surface area contributed by atoms with E-state index < -0.39 is 17.8 Å². The maximum Gasteiger partial charge on any atom is 0.433 e. The van der Waals surface area contributed by atoms with Gasteiger partial charge in [0.2, 0.25) is 11.8 Å². The molecule has 2 aromatic rings. The molecule has 10 heteroatoms. The van der Waals surface area contributed by atoms with E-state index >= 15 is 0 Å². The second kappa shape index (κ2) is 4.72. The van der Waals surface area contributed by atoms with E-state index in [1.807, 2.05) is 5.43 Å². The van der Waals surface area contributed by atoms with Gasteiger partial charge in [-0.1, -0.05) is 0 Å². The smallest absolute Gasteiger partial charge is 0.433 e. The van der Waals surface area contributed by atoms with E-state index in [9.17, 15) is 13.2 Å². The predicted octanol–water partition coefficient (Wildman–Crippen LogP) is 1.31. The zero-order valence-electron chi connectivity index (χ0n) is 9.64. The lowest BCUT2D eigenvalue weighted by molar-refractivity contribution is -0.141. The lowest BCUT2D eigenvalue weighted by Gasteiger charge is -2.09. The van der Waals surface area contributed by atoms with E-state index in [0.29, 0.717) is 6.07 Å². The average Bonchev–Trinajstić information content (AvgIpc) is 2.73. The molecule has 0 spiro atoms. The van der Waals surface area contributed by atoms with Gasteiger partial charge in [0, 0.05) is 13.1 Å². The van der Waals surface area contributed by atoms with E-state index in [4.69, 9.17) is 10.6 Å². The number of aromatic nitrogens is 4. The molecule has 0 radical (unpaired) electrons. The molecule has 3 N–H and O–H groups in total. The number of halogens is 3. The fourth-order valence-corrected chi connectivity index (χ4v) is 1.26. The molecular formula is C9H9F3N6O. The average molecular weight is 274 g/mol. The molecule has 0 saturated carbocycles. The Hall–Kier alpha value is -2.36. The number of hydrazine groups is 1. The van der Waals surface area contributed by atoms with Crippen LogP contribution in [0.25, 0.3) is 0 Å². The van der Waals surface area contributed by atoms with Crippen LogP contribution >= 0.6 is 0 Å². The van der Waals surface area contributed by atoms with Gasteiger partial charge in [-0.2, -0.15) is 23.3 Å². The molecule has 2 heterocycles. The Kier molecular flexibility index (Phi) is 3.25. The quantitative estimate of drug-likeness (QED) is 0.647. The molecule has 2 rings (SSSR count). The number of ether oxygens (including phenoxy) is 1. The highest BCUT2D eigenvalue weighted by atomic mass is 19.4. The molecule has 7 nitrogen and oxygen atoms in total. The Balaban J connectivity index is 2.34. The highest BCUT2D eigenvalue weighted by Gasteiger charge is 2.34. The third-order valence-corrected chi connectivity index (χ3v) is 2.03. The minimum atomic E-state index is -4.62. The number of alkyl halides is 3. The van der Waals surface area contributed by atoms with Crippen molar-refractivity contribution in [2.75, 3.05) is 5.43 Å². The van der Waals surface area contributed by atoms with Crippen molar-refractivity contribution in [2.45, 2.75) is 6.18 Å². The van der Waals surface area contributed by atoms with Crippen LogP contribution in [0.15, 0.2) is 18.5 Å². The van der Waals surface area contributed by atoms with E-state index in [-0.39, 0.29) is 11.6 Å². The van der Waals surface area contributed by atoms with Crippen LogP contribution in [0.1, 0.15) is 5.69 Å². The summed E-state index contributed by atoms with van der Waals surface area (Å²) in [5.41, 5.74) is 0.790. The first-order chi connectivity index (χ1) is 8.88. The molecule has 0 amide bonds. The van der Waals surface area contributed by atoms with E-state index in [1.54, 1.807) is 7.05 Å². The van der Waals surface area contributed by atoms with Crippen molar-refractivity contribution >= 4 is 5.95 Å². The molecule has 0 aromatic carbocycles. The molecule has 0 aliphatic heterocycles. The first-order valence-electron chi connectivity index (χ1n) is 4.98. The molecule has 0 atom stereocenters. The first kappa shape index (κ1) is 13.1. The number of rotatable bonds is 3. The van der Waals surface area contributed by atoms with Crippen molar-refractivity contribution in [3.63, 3.8) is 0 Å². The van der Waals surface area contributed by atoms with Gasteiger partial charge in [0.05, 0.1) is 12.4 Å². The fourth-order valence-electron chi connectivity index (χ4n) is 1.26. The molecule has 0 bridgehead atoms. The molecule has 0 saturated heterocycles. The van der Waals surface area contributed by atoms with Crippen LogP contribution in [0, 0.1) is 0 Å². The number of nitrogens with one attached hydrogen (secondary N) is 1. The number of hydrogen-bond donors (Lipinski definition) is 2. The van der Waals surface area contributed by atoms with Gasteiger partial charge in [-0.3, -0.25) is 10.1 Å². The largest absolute Gasteiger partial charge is 0.436 e. The summed E-state index contributed by atoms with van der Waals surface area (Å²) in [5.74, 6) is 4.58. The van der Waals surface area contributed by atoms with Gasteiger partial charge in [0.1, 0.15) is 0 Å². The Morgan fingerprint density at radius 2 is 2.11 bits per heavy atom. The van der Waals surface area contributed by atoms with Crippen molar-refractivity contribution in [2.24, 2.45) is 12.9 Å². The molecule has 102 valence electrons. The number of nitrogens with two attached hydrogens (primary N) is 1. The lowest BCUT2D eigenvalue weighted by Crippen LogP contribution is -2.15. The van der Waals surface area contributed by atoms with Crippen LogP contribution in [0.4, 0.5) is 19.1 Å². The molecule has 0 unspecified atom stereocenters. The maximum absolute atomic E-state index is 12.6. The van der Waals surface area contributed by atoms with Gasteiger partial charge >= 0.3 is 6.18 Å². The Bertz CT molecular complexity index is 582. The fraction of sp³-hybridized carbons (Fsp3) is 0.222. The summed E-state index contributed by atoms with van der Waals surface area (Å²) in [5, 5.41) is 3.81. The highest BCUT2D eigenvalue weighted by molar-refractivity contribution is 5.32. The summed E-state index contributed by atoms with van der Waals surface area (Å²) in [6.07, 6.45) is -1.81. The van der Waals surface area contributed by atoms with Crippen molar-refractivity contribution < 1.29 is 17.9 Å². The lowest BCUT2D eigenvalue weighted by atomic mass is 10.4. The highest BCUT2D eigenvalue weighted by Crippen LogP contribution is 2.31. The second-order valence-corrected chi connectivity index (χ2v) is 3.51. The van der Waals surface area contributed by atoms with Gasteiger partial charge in [-0.15, -0.1) is 0 Å². The van der Waals surface area contributed by atoms with E-state index in [2.05, 4.69) is 15.1 Å². The normalized spacial score (nSPS) is 11.4. The van der Waals surface area contributed by atoms with Crippen LogP contribution in [0.3, 0.4) is 0 Å². The number of aryl methyl sites for hydroxylation is 1. The van der Waals surface area contributed by atoms with Crippen molar-refractivity contribution in [3.8, 4) is 11.6 Å². The van der Waals surface area contributed by atoms with Gasteiger partial charge in [0.25, 0.3) is 0 Å². The van der Waals surface area contributed by atoms with E-state index in [0.717, 1.165) is 0 Å². The van der Waals surface area contributed by atoms with Crippen molar-refractivity contribution in [3.05, 3.63) is 24.2 Å². The third kappa shape index (κ3) is 3.10. The molecule has 0 aliphatic carbocycles. The predicted molar refractivity (Wildman–Crippen MR) is 58.1 cm³/mol. The minimum Gasteiger partial charge on any atom is -0.436 e. The molecular weight excluding hydrogens is 265 g/mol. The number of anilines is 1. The zero-order valence-corrected chi connectivity index (χ0v) is 9.64. The monoisotopic (exact) mass is 274 g/mol. The van der Waals surface area contributed by atoms with Crippen LogP contribution in [-0.2, 0) is 13.2 Å². The van der Waals surface area contributed by atoms with Crippen LogP contribution in [0.5, 0.6) is 11.6 Å². The van der Waals surface area contributed by atoms with Crippen molar-refractivity contribution in [1.29, 1.82) is 0 Å². The summed E-state index contributed by atoms with van der Waals surface area (Å²) in [7, 11) is 1.64. The Labute approximate surface area is 105 Å². The van der Waals surface area contributed by atoms with Gasteiger partial charge < -0.3 is 4.74 Å². The van der Waals surface area contributed by atoms with Gasteiger partial charge in [-0.05, 0) is 0 Å². The van der Waals surface area contributed by atoms with Crippen LogP contribution in [-0.4, -0.2) is 19.7 Å². The SMILES string of the molecule is Cn1cc(Oc2cc(C(F)(F)F)nc(NN)n2)cn1. The molecule has 0 aliphatic rings. The topological polar surface area (TPSA) is 90.9 Å². The number of nitrogen functional groups attached to an aromatic ring is 1. The molecule has 0 fully saturated rings. The van der Waals surface area contributed by atoms with E-state index in [1.165, 1.54) is 17.1 Å². The summed E-state index contributed by atoms with van der Waals surface area (Å²) < 4.78 is 44.4. The van der Waals surface area contributed by atoms with Crippen LogP contribution < -0.4 is 16.0 Å². The summed E-state index contributed by atoms with van der Waals surface area (Å²) in [6.45, 7) is 0. The van der Waals surface area contributed by atoms with Crippen LogP contribution in [0.2, 0.25) is 0 Å². The number of nitrogens with zero attached hydrogens (tertiary/aromatic N) is 4. The standard InChI is InChI=1S/C9H9F3N6O/c1-18-4-5(3-14-18)19-7-2-6(9(10,11)12)15-8(16-7)17-13/h2-4H,13H2,1H3,(H,15,16,17). The summed E-state index contributed by atoms with van der Waals surface area (Å²) in [4.78, 5) is 6.86. The minimum absolute atomic E-state index is 0.247. The van der Waals surface area contributed by atoms with Crippen molar-refractivity contribution in [1.82, 2.24) is 19.7 Å². The second-order valence-electron chi connectivity index (χ2n) is 3.51. The van der Waals surface area contributed by atoms with Gasteiger partial charge in [0.15, 0.2) is 11.4 Å². The summed E-state index contributed by atoms with van der Waals surface area (Å²) in [6, 6.07) is 0.674. The first-order valence-corrected chi connectivity index (χ1v) is 4.98. The zero-order chi connectivity index (χ0) is 14.0. The van der Waals surface area contributed by atoms with Gasteiger partial charge in [-0.25, -0.2) is 10.8 Å². The molecule has 19 heavy (non-hydrogen) atoms. The summed E-state index contributed by atoms with van der Waals surface area (Å²) >= 11 is 0. The third-order valence-electron chi connectivity index (χ3n) is 2.03. The molecule has 2 aromatic heterocycles.